The number of aryl methyl sites for hydroxylation is 1. The Morgan fingerprint density at radius 2 is 2.05 bits per heavy atom. The number of amides is 1. The molecule has 0 aliphatic rings. The minimum Gasteiger partial charge on any atom is -0.471 e. The molecule has 1 atom stereocenters. The van der Waals surface area contributed by atoms with Crippen molar-refractivity contribution < 1.29 is 23.0 Å². The number of ether oxygens (including phenoxy) is 2. The number of rotatable bonds is 5. The summed E-state index contributed by atoms with van der Waals surface area (Å²) < 4.78 is 34.3. The molecule has 7 heteroatoms. The molecule has 22 heavy (non-hydrogen) atoms. The van der Waals surface area contributed by atoms with Crippen molar-refractivity contribution in [1.82, 2.24) is 10.3 Å². The number of aromatic nitrogens is 1. The van der Waals surface area contributed by atoms with Crippen LogP contribution in [0.3, 0.4) is 0 Å². The monoisotopic (exact) mass is 316 g/mol. The van der Waals surface area contributed by atoms with Crippen LogP contribution in [0.25, 0.3) is 0 Å². The Morgan fingerprint density at radius 3 is 2.55 bits per heavy atom. The van der Waals surface area contributed by atoms with Gasteiger partial charge in [-0.1, -0.05) is 0 Å². The largest absolute Gasteiger partial charge is 0.471 e. The Hall–Kier alpha value is -1.92. The van der Waals surface area contributed by atoms with E-state index in [1.165, 1.54) is 6.20 Å². The number of carbonyl (C=O) groups is 1. The van der Waals surface area contributed by atoms with Crippen LogP contribution in [0.5, 0.6) is 5.88 Å². The van der Waals surface area contributed by atoms with Crippen LogP contribution in [0, 0.1) is 6.92 Å². The van der Waals surface area contributed by atoms with E-state index in [2.05, 4.69) is 10.3 Å². The van der Waals surface area contributed by atoms with Crippen LogP contribution in [0.15, 0.2) is 12.3 Å². The zero-order valence-corrected chi connectivity index (χ0v) is 13.4. The molecule has 0 radical (unpaired) electrons. The molecule has 5 nitrogen and oxygen atoms in total. The van der Waals surface area contributed by atoms with Crippen LogP contribution in [-0.2, 0) is 4.74 Å². The SMILES string of the molecule is Cc1cc(C(C)NC(=O)OC(C)(C)C)cnc1OCC(F)F. The van der Waals surface area contributed by atoms with Gasteiger partial charge in [0.2, 0.25) is 5.88 Å². The first-order chi connectivity index (χ1) is 10.1. The number of pyridine rings is 1. The lowest BCUT2D eigenvalue weighted by Gasteiger charge is -2.22. The molecule has 1 unspecified atom stereocenters. The van der Waals surface area contributed by atoms with Gasteiger partial charge in [0.05, 0.1) is 6.04 Å². The van der Waals surface area contributed by atoms with E-state index >= 15 is 0 Å². The van der Waals surface area contributed by atoms with E-state index in [1.807, 2.05) is 0 Å². The predicted octanol–water partition coefficient (Wildman–Crippen LogP) is 3.62. The number of carbonyl (C=O) groups excluding carboxylic acids is 1. The molecule has 0 aromatic carbocycles. The average molecular weight is 316 g/mol. The summed E-state index contributed by atoms with van der Waals surface area (Å²) in [6, 6.07) is 1.40. The summed E-state index contributed by atoms with van der Waals surface area (Å²) in [5, 5.41) is 2.69. The molecule has 0 aliphatic carbocycles. The highest BCUT2D eigenvalue weighted by Gasteiger charge is 2.19. The maximum atomic E-state index is 12.1. The van der Waals surface area contributed by atoms with Gasteiger partial charge in [-0.05, 0) is 46.2 Å². The second-order valence-electron chi connectivity index (χ2n) is 5.96. The molecule has 0 aliphatic heterocycles. The fourth-order valence-electron chi connectivity index (χ4n) is 1.68. The number of nitrogens with one attached hydrogen (secondary N) is 1. The average Bonchev–Trinajstić information content (AvgIpc) is 2.34. The van der Waals surface area contributed by atoms with Crippen LogP contribution in [0.2, 0.25) is 0 Å². The summed E-state index contributed by atoms with van der Waals surface area (Å²) in [7, 11) is 0. The third-order valence-corrected chi connectivity index (χ3v) is 2.63. The lowest BCUT2D eigenvalue weighted by molar-refractivity contribution is 0.0507. The number of nitrogens with zero attached hydrogens (tertiary/aromatic N) is 1. The van der Waals surface area contributed by atoms with Gasteiger partial charge in [-0.2, -0.15) is 0 Å². The van der Waals surface area contributed by atoms with E-state index in [0.717, 1.165) is 5.56 Å². The fraction of sp³-hybridized carbons (Fsp3) is 0.600. The molecular weight excluding hydrogens is 294 g/mol. The zero-order valence-electron chi connectivity index (χ0n) is 13.4. The molecule has 1 aromatic rings. The predicted molar refractivity (Wildman–Crippen MR) is 78.3 cm³/mol. The van der Waals surface area contributed by atoms with E-state index in [-0.39, 0.29) is 11.9 Å². The highest BCUT2D eigenvalue weighted by atomic mass is 19.3. The molecule has 0 spiro atoms. The van der Waals surface area contributed by atoms with Crippen LogP contribution in [0.4, 0.5) is 13.6 Å². The quantitative estimate of drug-likeness (QED) is 0.901. The Balaban J connectivity index is 2.68. The number of alkyl halides is 2. The number of halogens is 2. The molecule has 0 saturated carbocycles. The molecule has 124 valence electrons. The zero-order chi connectivity index (χ0) is 16.9. The summed E-state index contributed by atoms with van der Waals surface area (Å²) in [5.41, 5.74) is 0.772. The van der Waals surface area contributed by atoms with Gasteiger partial charge in [-0.15, -0.1) is 0 Å². The van der Waals surface area contributed by atoms with Gasteiger partial charge >= 0.3 is 6.09 Å². The third kappa shape index (κ3) is 6.24. The Bertz CT molecular complexity index is 516. The smallest absolute Gasteiger partial charge is 0.408 e. The van der Waals surface area contributed by atoms with Crippen LogP contribution in [0.1, 0.15) is 44.9 Å². The first-order valence-electron chi connectivity index (χ1n) is 6.95. The van der Waals surface area contributed by atoms with Crippen molar-refractivity contribution in [3.8, 4) is 5.88 Å². The van der Waals surface area contributed by atoms with Gasteiger partial charge in [0, 0.05) is 11.8 Å². The van der Waals surface area contributed by atoms with Crippen LogP contribution < -0.4 is 10.1 Å². The first kappa shape index (κ1) is 18.1. The molecular formula is C15H22F2N2O3. The van der Waals surface area contributed by atoms with Gasteiger partial charge in [0.25, 0.3) is 6.43 Å². The summed E-state index contributed by atoms with van der Waals surface area (Å²) in [4.78, 5) is 15.7. The standard InChI is InChI=1S/C15H22F2N2O3/c1-9-6-11(7-18-13(9)21-8-12(16)17)10(2)19-14(20)22-15(3,4)5/h6-7,10,12H,8H2,1-5H3,(H,19,20). The van der Waals surface area contributed by atoms with Crippen molar-refractivity contribution in [3.63, 3.8) is 0 Å². The molecule has 1 N–H and O–H groups in total. The van der Waals surface area contributed by atoms with Gasteiger partial charge in [0.15, 0.2) is 6.61 Å². The molecule has 0 fully saturated rings. The number of hydrogen-bond donors (Lipinski definition) is 1. The van der Waals surface area contributed by atoms with Crippen LogP contribution >= 0.6 is 0 Å². The number of alkyl carbamates (subject to hydrolysis) is 1. The highest BCUT2D eigenvalue weighted by Crippen LogP contribution is 2.20. The minimum atomic E-state index is -2.55. The Labute approximate surface area is 129 Å². The van der Waals surface area contributed by atoms with Crippen molar-refractivity contribution in [1.29, 1.82) is 0 Å². The summed E-state index contributed by atoms with van der Waals surface area (Å²) in [6.45, 7) is 8.12. The Kier molecular flexibility index (Phi) is 6.08. The first-order valence-corrected chi connectivity index (χ1v) is 6.95. The van der Waals surface area contributed by atoms with Crippen molar-refractivity contribution in [2.24, 2.45) is 0 Å². The Morgan fingerprint density at radius 1 is 1.41 bits per heavy atom. The van der Waals surface area contributed by atoms with Crippen LogP contribution in [-0.4, -0.2) is 29.7 Å². The van der Waals surface area contributed by atoms with Gasteiger partial charge in [-0.25, -0.2) is 18.6 Å². The van der Waals surface area contributed by atoms with Gasteiger partial charge in [-0.3, -0.25) is 0 Å². The summed E-state index contributed by atoms with van der Waals surface area (Å²) >= 11 is 0. The van der Waals surface area contributed by atoms with Crippen molar-refractivity contribution >= 4 is 6.09 Å². The second-order valence-corrected chi connectivity index (χ2v) is 5.96. The molecule has 1 amide bonds. The van der Waals surface area contributed by atoms with Crippen molar-refractivity contribution in [3.05, 3.63) is 23.4 Å². The molecule has 1 aromatic heterocycles. The van der Waals surface area contributed by atoms with E-state index < -0.39 is 24.7 Å². The minimum absolute atomic E-state index is 0.161. The maximum absolute atomic E-state index is 12.1. The second kappa shape index (κ2) is 7.38. The highest BCUT2D eigenvalue weighted by molar-refractivity contribution is 5.68. The van der Waals surface area contributed by atoms with Crippen molar-refractivity contribution in [2.75, 3.05) is 6.61 Å². The molecule has 1 rings (SSSR count). The van der Waals surface area contributed by atoms with Gasteiger partial charge in [0.1, 0.15) is 5.60 Å². The lowest BCUT2D eigenvalue weighted by Crippen LogP contribution is -2.34. The van der Waals surface area contributed by atoms with E-state index in [1.54, 1.807) is 40.7 Å². The van der Waals surface area contributed by atoms with E-state index in [4.69, 9.17) is 9.47 Å². The fourth-order valence-corrected chi connectivity index (χ4v) is 1.68. The van der Waals surface area contributed by atoms with E-state index in [9.17, 15) is 13.6 Å². The van der Waals surface area contributed by atoms with E-state index in [0.29, 0.717) is 5.56 Å². The molecule has 0 saturated heterocycles. The third-order valence-electron chi connectivity index (χ3n) is 2.63. The normalized spacial score (nSPS) is 12.9. The topological polar surface area (TPSA) is 60.5 Å². The summed E-state index contributed by atoms with van der Waals surface area (Å²) in [6.07, 6.45) is -1.60. The summed E-state index contributed by atoms with van der Waals surface area (Å²) in [5.74, 6) is 0.161. The number of hydrogen-bond acceptors (Lipinski definition) is 4. The molecule has 1 heterocycles. The van der Waals surface area contributed by atoms with Crippen molar-refractivity contribution in [2.45, 2.75) is 52.7 Å². The lowest BCUT2D eigenvalue weighted by atomic mass is 10.1. The molecule has 0 bridgehead atoms. The maximum Gasteiger partial charge on any atom is 0.408 e. The van der Waals surface area contributed by atoms with Gasteiger partial charge < -0.3 is 14.8 Å².